The number of rotatable bonds is 8. The minimum atomic E-state index is -0.245. The summed E-state index contributed by atoms with van der Waals surface area (Å²) in [6, 6.07) is 10.4. The second-order valence-electron chi connectivity index (χ2n) is 7.66. The molecule has 1 aromatic carbocycles. The molecule has 3 heterocycles. The fraction of sp³-hybridized carbons (Fsp3) is 0.429. The van der Waals surface area contributed by atoms with E-state index in [4.69, 9.17) is 4.42 Å². The number of carbonyl (C=O) groups is 1. The molecule has 9 nitrogen and oxygen atoms in total. The summed E-state index contributed by atoms with van der Waals surface area (Å²) in [5.74, 6) is 0.325. The maximum absolute atomic E-state index is 12.4. The molecule has 3 aromatic rings. The van der Waals surface area contributed by atoms with Gasteiger partial charge in [0.25, 0.3) is 5.91 Å². The van der Waals surface area contributed by atoms with Crippen molar-refractivity contribution in [3.05, 3.63) is 66.4 Å². The summed E-state index contributed by atoms with van der Waals surface area (Å²) in [7, 11) is 0. The molecule has 9 heteroatoms. The molecule has 30 heavy (non-hydrogen) atoms. The van der Waals surface area contributed by atoms with Gasteiger partial charge in [0.15, 0.2) is 5.69 Å². The highest BCUT2D eigenvalue weighted by molar-refractivity contribution is 5.92. The zero-order valence-electron chi connectivity index (χ0n) is 17.1. The Kier molecular flexibility index (Phi) is 6.50. The van der Waals surface area contributed by atoms with E-state index in [-0.39, 0.29) is 11.9 Å². The van der Waals surface area contributed by atoms with Crippen LogP contribution < -0.4 is 5.32 Å². The number of aromatic nitrogens is 4. The van der Waals surface area contributed by atoms with Crippen LogP contribution in [0.25, 0.3) is 0 Å². The Hall–Kier alpha value is -3.04. The first-order valence-electron chi connectivity index (χ1n) is 10.2. The summed E-state index contributed by atoms with van der Waals surface area (Å²) in [4.78, 5) is 25.4. The van der Waals surface area contributed by atoms with Crippen molar-refractivity contribution >= 4 is 5.91 Å². The van der Waals surface area contributed by atoms with Gasteiger partial charge in [-0.3, -0.25) is 19.3 Å². The SMILES string of the molecule is CC(Cn1cncn1)NC(=O)c1coc(CN2CCN(Cc3ccccc3)CC2)n1. The summed E-state index contributed by atoms with van der Waals surface area (Å²) in [5, 5.41) is 6.96. The number of nitrogens with one attached hydrogen (secondary N) is 1. The average molecular weight is 409 g/mol. The fourth-order valence-corrected chi connectivity index (χ4v) is 3.58. The Bertz CT molecular complexity index is 918. The molecule has 1 unspecified atom stereocenters. The molecule has 0 spiro atoms. The molecule has 0 radical (unpaired) electrons. The molecule has 1 N–H and O–H groups in total. The van der Waals surface area contributed by atoms with E-state index in [1.54, 1.807) is 11.0 Å². The molecule has 0 aliphatic carbocycles. The van der Waals surface area contributed by atoms with Crippen molar-refractivity contribution < 1.29 is 9.21 Å². The van der Waals surface area contributed by atoms with Crippen LogP contribution in [-0.2, 0) is 19.6 Å². The number of oxazole rings is 1. The van der Waals surface area contributed by atoms with E-state index in [1.807, 2.05) is 13.0 Å². The van der Waals surface area contributed by atoms with Gasteiger partial charge in [0.1, 0.15) is 18.9 Å². The second-order valence-corrected chi connectivity index (χ2v) is 7.66. The van der Waals surface area contributed by atoms with Crippen molar-refractivity contribution in [1.29, 1.82) is 0 Å². The van der Waals surface area contributed by atoms with E-state index in [9.17, 15) is 4.79 Å². The fourth-order valence-electron chi connectivity index (χ4n) is 3.58. The van der Waals surface area contributed by atoms with Gasteiger partial charge in [-0.05, 0) is 12.5 Å². The van der Waals surface area contributed by atoms with Crippen LogP contribution in [0.1, 0.15) is 28.9 Å². The highest BCUT2D eigenvalue weighted by Crippen LogP contribution is 2.12. The summed E-state index contributed by atoms with van der Waals surface area (Å²) >= 11 is 0. The van der Waals surface area contributed by atoms with Gasteiger partial charge < -0.3 is 9.73 Å². The molecular formula is C21H27N7O2. The van der Waals surface area contributed by atoms with Crippen molar-refractivity contribution in [1.82, 2.24) is 34.9 Å². The number of carbonyl (C=O) groups excluding carboxylic acids is 1. The Morgan fingerprint density at radius 2 is 1.87 bits per heavy atom. The van der Waals surface area contributed by atoms with Gasteiger partial charge in [-0.15, -0.1) is 0 Å². The van der Waals surface area contributed by atoms with Crippen molar-refractivity contribution in [2.75, 3.05) is 26.2 Å². The van der Waals surface area contributed by atoms with Gasteiger partial charge in [-0.1, -0.05) is 30.3 Å². The largest absolute Gasteiger partial charge is 0.447 e. The van der Waals surface area contributed by atoms with Crippen LogP contribution in [0.4, 0.5) is 0 Å². The predicted molar refractivity (Wildman–Crippen MR) is 110 cm³/mol. The monoisotopic (exact) mass is 409 g/mol. The topological polar surface area (TPSA) is 92.3 Å². The van der Waals surface area contributed by atoms with Crippen LogP contribution >= 0.6 is 0 Å². The summed E-state index contributed by atoms with van der Waals surface area (Å²) < 4.78 is 7.22. The van der Waals surface area contributed by atoms with Crippen LogP contribution in [0, 0.1) is 0 Å². The number of nitrogens with zero attached hydrogens (tertiary/aromatic N) is 6. The number of amides is 1. The van der Waals surface area contributed by atoms with E-state index in [0.29, 0.717) is 24.7 Å². The van der Waals surface area contributed by atoms with E-state index in [1.165, 1.54) is 18.2 Å². The van der Waals surface area contributed by atoms with Gasteiger partial charge in [-0.25, -0.2) is 9.97 Å². The smallest absolute Gasteiger partial charge is 0.273 e. The lowest BCUT2D eigenvalue weighted by molar-refractivity contribution is 0.0930. The molecule has 1 fully saturated rings. The third kappa shape index (κ3) is 5.52. The molecule has 158 valence electrons. The van der Waals surface area contributed by atoms with E-state index in [0.717, 1.165) is 32.7 Å². The minimum absolute atomic E-state index is 0.1000. The van der Waals surface area contributed by atoms with E-state index < -0.39 is 0 Å². The van der Waals surface area contributed by atoms with Gasteiger partial charge in [0, 0.05) is 38.8 Å². The summed E-state index contributed by atoms with van der Waals surface area (Å²) in [6.07, 6.45) is 4.52. The first kappa shape index (κ1) is 20.2. The maximum Gasteiger partial charge on any atom is 0.273 e. The van der Waals surface area contributed by atoms with Crippen molar-refractivity contribution in [3.8, 4) is 0 Å². The highest BCUT2D eigenvalue weighted by Gasteiger charge is 2.20. The third-order valence-corrected chi connectivity index (χ3v) is 5.16. The molecule has 1 aliphatic rings. The number of benzene rings is 1. The van der Waals surface area contributed by atoms with Crippen LogP contribution in [0.15, 0.2) is 53.7 Å². The Labute approximate surface area is 175 Å². The van der Waals surface area contributed by atoms with Crippen LogP contribution in [0.5, 0.6) is 0 Å². The first-order valence-corrected chi connectivity index (χ1v) is 10.2. The van der Waals surface area contributed by atoms with Crippen molar-refractivity contribution in [2.24, 2.45) is 0 Å². The standard InChI is InChI=1S/C21H27N7O2/c1-17(11-28-16-22-15-23-28)24-21(29)19-14-30-20(25-19)13-27-9-7-26(8-10-27)12-18-5-3-2-4-6-18/h2-6,14-17H,7-13H2,1H3,(H,24,29). The van der Waals surface area contributed by atoms with Crippen molar-refractivity contribution in [3.63, 3.8) is 0 Å². The molecule has 4 rings (SSSR count). The molecule has 1 atom stereocenters. The van der Waals surface area contributed by atoms with Crippen molar-refractivity contribution in [2.45, 2.75) is 32.6 Å². The van der Waals surface area contributed by atoms with E-state index in [2.05, 4.69) is 54.4 Å². The number of hydrogen-bond acceptors (Lipinski definition) is 7. The third-order valence-electron chi connectivity index (χ3n) is 5.16. The Morgan fingerprint density at radius 3 is 2.57 bits per heavy atom. The minimum Gasteiger partial charge on any atom is -0.447 e. The molecule has 0 saturated carbocycles. The van der Waals surface area contributed by atoms with Crippen LogP contribution in [0.3, 0.4) is 0 Å². The van der Waals surface area contributed by atoms with Gasteiger partial charge in [0.05, 0.1) is 13.1 Å². The highest BCUT2D eigenvalue weighted by atomic mass is 16.3. The quantitative estimate of drug-likeness (QED) is 0.601. The molecule has 2 aromatic heterocycles. The van der Waals surface area contributed by atoms with Crippen LogP contribution in [0.2, 0.25) is 0 Å². The lowest BCUT2D eigenvalue weighted by atomic mass is 10.2. The molecule has 1 saturated heterocycles. The first-order chi connectivity index (χ1) is 14.7. The normalized spacial score (nSPS) is 16.4. The summed E-state index contributed by atoms with van der Waals surface area (Å²) in [5.41, 5.74) is 1.64. The molecule has 1 amide bonds. The zero-order valence-corrected chi connectivity index (χ0v) is 17.1. The molecular weight excluding hydrogens is 382 g/mol. The Morgan fingerprint density at radius 1 is 1.13 bits per heavy atom. The molecule has 1 aliphatic heterocycles. The van der Waals surface area contributed by atoms with Gasteiger partial charge in [-0.2, -0.15) is 5.10 Å². The lowest BCUT2D eigenvalue weighted by Gasteiger charge is -2.34. The number of hydrogen-bond donors (Lipinski definition) is 1. The second kappa shape index (κ2) is 9.64. The number of piperazine rings is 1. The maximum atomic E-state index is 12.4. The Balaban J connectivity index is 1.22. The van der Waals surface area contributed by atoms with Crippen LogP contribution in [-0.4, -0.2) is 67.7 Å². The van der Waals surface area contributed by atoms with Gasteiger partial charge in [0.2, 0.25) is 5.89 Å². The predicted octanol–water partition coefficient (Wildman–Crippen LogP) is 1.40. The average Bonchev–Trinajstić information content (AvgIpc) is 3.42. The summed E-state index contributed by atoms with van der Waals surface area (Å²) in [6.45, 7) is 7.95. The zero-order chi connectivity index (χ0) is 20.8. The lowest BCUT2D eigenvalue weighted by Crippen LogP contribution is -2.45. The van der Waals surface area contributed by atoms with Gasteiger partial charge >= 0.3 is 0 Å². The molecule has 0 bridgehead atoms. The van der Waals surface area contributed by atoms with E-state index >= 15 is 0 Å².